The minimum absolute atomic E-state index is 0.387. The van der Waals surface area contributed by atoms with Gasteiger partial charge < -0.3 is 0 Å². The van der Waals surface area contributed by atoms with Gasteiger partial charge >= 0.3 is 0 Å². The van der Waals surface area contributed by atoms with E-state index in [2.05, 4.69) is 41.9 Å². The fraction of sp³-hybridized carbons (Fsp3) is 0.467. The van der Waals surface area contributed by atoms with Crippen molar-refractivity contribution in [1.29, 1.82) is 0 Å². The van der Waals surface area contributed by atoms with Crippen LogP contribution in [-0.4, -0.2) is 0 Å². The zero-order valence-corrected chi connectivity index (χ0v) is 14.0. The zero-order chi connectivity index (χ0) is 12.7. The highest BCUT2D eigenvalue weighted by Gasteiger charge is 2.20. The van der Waals surface area contributed by atoms with Gasteiger partial charge in [-0.3, -0.25) is 0 Å². The third kappa shape index (κ3) is 2.33. The Hall–Kier alpha value is -0.120. The normalized spacial score (nSPS) is 16.6. The number of thiophene rings is 2. The summed E-state index contributed by atoms with van der Waals surface area (Å²) in [5, 5.41) is 0. The molecular formula is C15H17BrS2. The molecule has 0 fully saturated rings. The van der Waals surface area contributed by atoms with Gasteiger partial charge in [-0.25, -0.2) is 0 Å². The molecule has 0 N–H and O–H groups in total. The van der Waals surface area contributed by atoms with Gasteiger partial charge in [0.25, 0.3) is 0 Å². The topological polar surface area (TPSA) is 0 Å². The van der Waals surface area contributed by atoms with Gasteiger partial charge in [-0.15, -0.1) is 22.7 Å². The average Bonchev–Trinajstić information content (AvgIpc) is 2.91. The highest BCUT2D eigenvalue weighted by Crippen LogP contribution is 2.42. The summed E-state index contributed by atoms with van der Waals surface area (Å²) in [7, 11) is 0. The van der Waals surface area contributed by atoms with Crippen LogP contribution in [0.15, 0.2) is 12.1 Å². The molecule has 0 saturated heterocycles. The maximum atomic E-state index is 3.90. The van der Waals surface area contributed by atoms with Gasteiger partial charge in [-0.05, 0) is 62.8 Å². The standard InChI is InChI=1S/C15H17BrS2/c1-9-7-12(10(2)17-9)15(16)14-8-11-5-3-4-6-13(11)18-14/h7-8,15H,3-6H2,1-2H3. The molecule has 3 rings (SSSR count). The summed E-state index contributed by atoms with van der Waals surface area (Å²) in [5.41, 5.74) is 3.06. The van der Waals surface area contributed by atoms with Crippen LogP contribution in [0.2, 0.25) is 0 Å². The number of halogens is 1. The number of hydrogen-bond donors (Lipinski definition) is 0. The second-order valence-corrected chi connectivity index (χ2v) is 8.58. The molecule has 3 heteroatoms. The molecule has 0 nitrogen and oxygen atoms in total. The minimum Gasteiger partial charge on any atom is -0.146 e. The van der Waals surface area contributed by atoms with Crippen LogP contribution in [0.25, 0.3) is 0 Å². The van der Waals surface area contributed by atoms with E-state index in [1.165, 1.54) is 45.9 Å². The van der Waals surface area contributed by atoms with Crippen LogP contribution in [0.1, 0.15) is 48.3 Å². The lowest BCUT2D eigenvalue weighted by molar-refractivity contribution is 0.697. The highest BCUT2D eigenvalue weighted by molar-refractivity contribution is 9.09. The lowest BCUT2D eigenvalue weighted by atomic mass is 9.99. The van der Waals surface area contributed by atoms with Gasteiger partial charge in [0, 0.05) is 19.5 Å². The van der Waals surface area contributed by atoms with E-state index in [4.69, 9.17) is 0 Å². The van der Waals surface area contributed by atoms with Crippen molar-refractivity contribution in [1.82, 2.24) is 0 Å². The molecule has 0 aliphatic heterocycles. The fourth-order valence-corrected chi connectivity index (χ4v) is 5.95. The van der Waals surface area contributed by atoms with Crippen molar-refractivity contribution >= 4 is 38.6 Å². The lowest BCUT2D eigenvalue weighted by Gasteiger charge is -2.08. The second kappa shape index (κ2) is 5.10. The Morgan fingerprint density at radius 1 is 1.11 bits per heavy atom. The molecule has 2 aromatic rings. The predicted molar refractivity (Wildman–Crippen MR) is 85.5 cm³/mol. The summed E-state index contributed by atoms with van der Waals surface area (Å²) < 4.78 is 0. The number of aryl methyl sites for hydroxylation is 4. The Morgan fingerprint density at radius 2 is 1.89 bits per heavy atom. The first-order chi connectivity index (χ1) is 8.65. The second-order valence-electron chi connectivity index (χ2n) is 5.04. The first-order valence-corrected chi connectivity index (χ1v) is 9.02. The molecule has 0 saturated carbocycles. The molecule has 0 bridgehead atoms. The molecule has 96 valence electrons. The predicted octanol–water partition coefficient (Wildman–Crippen LogP) is 5.79. The third-order valence-corrected chi connectivity index (χ3v) is 7.19. The van der Waals surface area contributed by atoms with Crippen molar-refractivity contribution in [3.63, 3.8) is 0 Å². The summed E-state index contributed by atoms with van der Waals surface area (Å²) in [6.45, 7) is 4.43. The van der Waals surface area contributed by atoms with E-state index in [-0.39, 0.29) is 0 Å². The molecule has 0 radical (unpaired) electrons. The number of fused-ring (bicyclic) bond motifs is 1. The van der Waals surface area contributed by atoms with Crippen molar-refractivity contribution in [2.24, 2.45) is 0 Å². The summed E-state index contributed by atoms with van der Waals surface area (Å²) >= 11 is 7.82. The van der Waals surface area contributed by atoms with Crippen LogP contribution in [0.4, 0.5) is 0 Å². The smallest absolute Gasteiger partial charge is 0.0748 e. The summed E-state index contributed by atoms with van der Waals surface area (Å²) in [6.07, 6.45) is 5.32. The molecule has 18 heavy (non-hydrogen) atoms. The van der Waals surface area contributed by atoms with E-state index in [1.54, 1.807) is 10.4 Å². The molecule has 0 amide bonds. The van der Waals surface area contributed by atoms with E-state index in [9.17, 15) is 0 Å². The molecule has 0 aromatic carbocycles. The quantitative estimate of drug-likeness (QED) is 0.607. The monoisotopic (exact) mass is 340 g/mol. The highest BCUT2D eigenvalue weighted by atomic mass is 79.9. The molecule has 1 atom stereocenters. The lowest BCUT2D eigenvalue weighted by Crippen LogP contribution is -1.96. The van der Waals surface area contributed by atoms with Gasteiger partial charge in [-0.2, -0.15) is 0 Å². The average molecular weight is 341 g/mol. The Morgan fingerprint density at radius 3 is 2.56 bits per heavy atom. The number of alkyl halides is 1. The van der Waals surface area contributed by atoms with Crippen molar-refractivity contribution < 1.29 is 0 Å². The minimum atomic E-state index is 0.387. The molecule has 2 heterocycles. The first-order valence-electron chi connectivity index (χ1n) is 6.47. The van der Waals surface area contributed by atoms with Crippen LogP contribution in [0.5, 0.6) is 0 Å². The Bertz CT molecular complexity index is 542. The Balaban J connectivity index is 1.94. The molecule has 2 aromatic heterocycles. The number of rotatable bonds is 2. The third-order valence-electron chi connectivity index (χ3n) is 3.62. The van der Waals surface area contributed by atoms with Crippen LogP contribution >= 0.6 is 38.6 Å². The summed E-state index contributed by atoms with van der Waals surface area (Å²) in [5.74, 6) is 0. The fourth-order valence-electron chi connectivity index (χ4n) is 2.69. The van der Waals surface area contributed by atoms with Crippen molar-refractivity contribution in [3.05, 3.63) is 42.8 Å². The van der Waals surface area contributed by atoms with Crippen LogP contribution < -0.4 is 0 Å². The molecular weight excluding hydrogens is 324 g/mol. The summed E-state index contributed by atoms with van der Waals surface area (Å²) in [4.78, 5) is 6.36. The molecule has 0 spiro atoms. The van der Waals surface area contributed by atoms with E-state index >= 15 is 0 Å². The largest absolute Gasteiger partial charge is 0.146 e. The Kier molecular flexibility index (Phi) is 3.65. The van der Waals surface area contributed by atoms with Gasteiger partial charge in [0.05, 0.1) is 4.83 Å². The van der Waals surface area contributed by atoms with Crippen molar-refractivity contribution in [3.8, 4) is 0 Å². The molecule has 1 unspecified atom stereocenters. The van der Waals surface area contributed by atoms with E-state index in [1.807, 2.05) is 22.7 Å². The molecule has 1 aliphatic carbocycles. The Labute approximate surface area is 125 Å². The SMILES string of the molecule is Cc1cc(C(Br)c2cc3c(s2)CCCC3)c(C)s1. The van der Waals surface area contributed by atoms with Crippen LogP contribution in [-0.2, 0) is 12.8 Å². The summed E-state index contributed by atoms with van der Waals surface area (Å²) in [6, 6.07) is 4.77. The van der Waals surface area contributed by atoms with Crippen LogP contribution in [0, 0.1) is 13.8 Å². The zero-order valence-electron chi connectivity index (χ0n) is 10.8. The van der Waals surface area contributed by atoms with E-state index in [0.717, 1.165) is 0 Å². The van der Waals surface area contributed by atoms with Crippen molar-refractivity contribution in [2.45, 2.75) is 44.4 Å². The van der Waals surface area contributed by atoms with Gasteiger partial charge in [0.15, 0.2) is 0 Å². The van der Waals surface area contributed by atoms with Crippen LogP contribution in [0.3, 0.4) is 0 Å². The maximum absolute atomic E-state index is 3.90. The first kappa shape index (κ1) is 12.9. The van der Waals surface area contributed by atoms with Crippen molar-refractivity contribution in [2.75, 3.05) is 0 Å². The van der Waals surface area contributed by atoms with E-state index < -0.39 is 0 Å². The number of hydrogen-bond acceptors (Lipinski definition) is 2. The van der Waals surface area contributed by atoms with Gasteiger partial charge in [-0.1, -0.05) is 15.9 Å². The van der Waals surface area contributed by atoms with Gasteiger partial charge in [0.2, 0.25) is 0 Å². The maximum Gasteiger partial charge on any atom is 0.0748 e. The van der Waals surface area contributed by atoms with Gasteiger partial charge in [0.1, 0.15) is 0 Å². The van der Waals surface area contributed by atoms with E-state index in [0.29, 0.717) is 4.83 Å². The molecule has 1 aliphatic rings.